The summed E-state index contributed by atoms with van der Waals surface area (Å²) in [6.45, 7) is 0. The molecule has 0 bridgehead atoms. The highest BCUT2D eigenvalue weighted by Crippen LogP contribution is 2.41. The van der Waals surface area contributed by atoms with Crippen LogP contribution in [-0.2, 0) is 0 Å². The average Bonchev–Trinajstić information content (AvgIpc) is 3.19. The van der Waals surface area contributed by atoms with Crippen LogP contribution in [0, 0.1) is 0 Å². The van der Waals surface area contributed by atoms with Crippen molar-refractivity contribution in [3.8, 4) is 11.1 Å². The predicted molar refractivity (Wildman–Crippen MR) is 126 cm³/mol. The van der Waals surface area contributed by atoms with Crippen LogP contribution < -0.4 is 5.32 Å². The Balaban J connectivity index is 1.69. The molecule has 30 heavy (non-hydrogen) atoms. The van der Waals surface area contributed by atoms with E-state index in [1.807, 2.05) is 24.3 Å². The Morgan fingerprint density at radius 1 is 0.567 bits per heavy atom. The molecule has 2 heteroatoms. The molecule has 0 radical (unpaired) electrons. The minimum Gasteiger partial charge on any atom is -0.455 e. The molecule has 0 atom stereocenters. The highest BCUT2D eigenvalue weighted by molar-refractivity contribution is 6.21. The molecule has 1 N–H and O–H groups in total. The Kier molecular flexibility index (Phi) is 3.82. The van der Waals surface area contributed by atoms with E-state index in [0.29, 0.717) is 0 Å². The van der Waals surface area contributed by atoms with Crippen molar-refractivity contribution in [2.75, 3.05) is 5.32 Å². The van der Waals surface area contributed by atoms with E-state index in [1.54, 1.807) is 0 Å². The maximum absolute atomic E-state index is 6.42. The van der Waals surface area contributed by atoms with Gasteiger partial charge in [-0.25, -0.2) is 0 Å². The fraction of sp³-hybridized carbons (Fsp3) is 0. The first-order chi connectivity index (χ1) is 14.9. The maximum Gasteiger partial charge on any atom is 0.143 e. The summed E-state index contributed by atoms with van der Waals surface area (Å²) in [4.78, 5) is 0. The number of para-hydroxylation sites is 1. The smallest absolute Gasteiger partial charge is 0.143 e. The second-order valence-corrected chi connectivity index (χ2v) is 7.52. The topological polar surface area (TPSA) is 25.2 Å². The zero-order valence-electron chi connectivity index (χ0n) is 16.3. The summed E-state index contributed by atoms with van der Waals surface area (Å²) < 4.78 is 6.42. The van der Waals surface area contributed by atoms with Crippen LogP contribution in [0.5, 0.6) is 0 Å². The summed E-state index contributed by atoms with van der Waals surface area (Å²) in [5, 5.41) is 8.29. The van der Waals surface area contributed by atoms with Gasteiger partial charge in [-0.15, -0.1) is 0 Å². The third-order valence-corrected chi connectivity index (χ3v) is 5.61. The summed E-state index contributed by atoms with van der Waals surface area (Å²) in [6.07, 6.45) is 0. The zero-order valence-corrected chi connectivity index (χ0v) is 16.3. The van der Waals surface area contributed by atoms with Crippen molar-refractivity contribution in [3.63, 3.8) is 0 Å². The maximum atomic E-state index is 6.42. The van der Waals surface area contributed by atoms with Crippen molar-refractivity contribution in [1.82, 2.24) is 0 Å². The SMILES string of the molecule is c1ccc(Nc2cc(-c3ccccc3)c3oc4ccc5ccccc5c4c3c2)cc1. The Morgan fingerprint density at radius 2 is 1.30 bits per heavy atom. The van der Waals surface area contributed by atoms with Gasteiger partial charge in [0, 0.05) is 27.7 Å². The minimum absolute atomic E-state index is 0.915. The van der Waals surface area contributed by atoms with Gasteiger partial charge in [0.05, 0.1) is 0 Å². The molecule has 0 aliphatic rings. The van der Waals surface area contributed by atoms with E-state index < -0.39 is 0 Å². The van der Waals surface area contributed by atoms with Gasteiger partial charge in [0.25, 0.3) is 0 Å². The second-order valence-electron chi connectivity index (χ2n) is 7.52. The highest BCUT2D eigenvalue weighted by atomic mass is 16.3. The van der Waals surface area contributed by atoms with Gasteiger partial charge in [-0.2, -0.15) is 0 Å². The molecule has 0 saturated heterocycles. The number of fused-ring (bicyclic) bond motifs is 5. The lowest BCUT2D eigenvalue weighted by Gasteiger charge is -2.10. The molecule has 0 unspecified atom stereocenters. The van der Waals surface area contributed by atoms with Gasteiger partial charge in [0.2, 0.25) is 0 Å². The molecule has 2 nitrogen and oxygen atoms in total. The standard InChI is InChI=1S/C28H19NO/c1-3-9-19(10-4-1)24-17-22(29-21-12-5-2-6-13-21)18-25-27-23-14-8-7-11-20(23)15-16-26(27)30-28(24)25/h1-18,29H. The van der Waals surface area contributed by atoms with Gasteiger partial charge in [-0.05, 0) is 46.7 Å². The van der Waals surface area contributed by atoms with Crippen molar-refractivity contribution in [3.05, 3.63) is 109 Å². The normalized spacial score (nSPS) is 11.3. The van der Waals surface area contributed by atoms with Crippen LogP contribution in [0.2, 0.25) is 0 Å². The van der Waals surface area contributed by atoms with Gasteiger partial charge < -0.3 is 9.73 Å². The fourth-order valence-corrected chi connectivity index (χ4v) is 4.24. The molecule has 142 valence electrons. The van der Waals surface area contributed by atoms with Crippen molar-refractivity contribution >= 4 is 44.1 Å². The third kappa shape index (κ3) is 2.73. The molecule has 0 aliphatic carbocycles. The Bertz CT molecular complexity index is 1500. The monoisotopic (exact) mass is 385 g/mol. The average molecular weight is 385 g/mol. The lowest BCUT2D eigenvalue weighted by molar-refractivity contribution is 0.670. The van der Waals surface area contributed by atoms with E-state index in [-0.39, 0.29) is 0 Å². The first kappa shape index (κ1) is 16.9. The third-order valence-electron chi connectivity index (χ3n) is 5.61. The van der Waals surface area contributed by atoms with Gasteiger partial charge in [-0.1, -0.05) is 78.9 Å². The largest absolute Gasteiger partial charge is 0.455 e. The van der Waals surface area contributed by atoms with E-state index in [9.17, 15) is 0 Å². The van der Waals surface area contributed by atoms with Gasteiger partial charge >= 0.3 is 0 Å². The van der Waals surface area contributed by atoms with Crippen LogP contribution in [0.1, 0.15) is 0 Å². The summed E-state index contributed by atoms with van der Waals surface area (Å²) >= 11 is 0. The van der Waals surface area contributed by atoms with Crippen molar-refractivity contribution in [2.24, 2.45) is 0 Å². The second kappa shape index (κ2) is 6.78. The van der Waals surface area contributed by atoms with Crippen LogP contribution in [0.15, 0.2) is 114 Å². The molecular formula is C28H19NO. The van der Waals surface area contributed by atoms with Crippen LogP contribution in [-0.4, -0.2) is 0 Å². The van der Waals surface area contributed by atoms with Gasteiger partial charge in [0.15, 0.2) is 0 Å². The van der Waals surface area contributed by atoms with Crippen LogP contribution in [0.4, 0.5) is 11.4 Å². The molecule has 0 spiro atoms. The number of rotatable bonds is 3. The Labute approximate surface area is 174 Å². The highest BCUT2D eigenvalue weighted by Gasteiger charge is 2.16. The number of nitrogens with one attached hydrogen (secondary N) is 1. The molecule has 6 rings (SSSR count). The number of benzene rings is 5. The lowest BCUT2D eigenvalue weighted by atomic mass is 9.99. The van der Waals surface area contributed by atoms with E-state index >= 15 is 0 Å². The summed E-state index contributed by atoms with van der Waals surface area (Å²) in [6, 6.07) is 37.8. The van der Waals surface area contributed by atoms with Crippen LogP contribution in [0.3, 0.4) is 0 Å². The van der Waals surface area contributed by atoms with E-state index in [1.165, 1.54) is 10.8 Å². The Morgan fingerprint density at radius 3 is 2.13 bits per heavy atom. The first-order valence-electron chi connectivity index (χ1n) is 10.1. The first-order valence-corrected chi connectivity index (χ1v) is 10.1. The number of anilines is 2. The molecular weight excluding hydrogens is 366 g/mol. The molecule has 0 aliphatic heterocycles. The van der Waals surface area contributed by atoms with E-state index in [4.69, 9.17) is 4.42 Å². The Hall–Kier alpha value is -4.04. The van der Waals surface area contributed by atoms with Gasteiger partial charge in [0.1, 0.15) is 11.2 Å². The molecule has 1 heterocycles. The van der Waals surface area contributed by atoms with Crippen molar-refractivity contribution in [2.45, 2.75) is 0 Å². The number of hydrogen-bond acceptors (Lipinski definition) is 2. The zero-order chi connectivity index (χ0) is 19.9. The van der Waals surface area contributed by atoms with E-state index in [0.717, 1.165) is 44.4 Å². The molecule has 1 aromatic heterocycles. The van der Waals surface area contributed by atoms with E-state index in [2.05, 4.69) is 90.2 Å². The quantitative estimate of drug-likeness (QED) is 0.332. The van der Waals surface area contributed by atoms with Crippen LogP contribution >= 0.6 is 0 Å². The van der Waals surface area contributed by atoms with Gasteiger partial charge in [-0.3, -0.25) is 0 Å². The molecule has 0 fully saturated rings. The molecule has 0 amide bonds. The lowest BCUT2D eigenvalue weighted by Crippen LogP contribution is -1.91. The number of furan rings is 1. The van der Waals surface area contributed by atoms with Crippen molar-refractivity contribution < 1.29 is 4.42 Å². The summed E-state index contributed by atoms with van der Waals surface area (Å²) in [5.74, 6) is 0. The summed E-state index contributed by atoms with van der Waals surface area (Å²) in [7, 11) is 0. The minimum atomic E-state index is 0.915. The molecule has 6 aromatic rings. The summed E-state index contributed by atoms with van der Waals surface area (Å²) in [5.41, 5.74) is 6.18. The molecule has 0 saturated carbocycles. The molecule has 5 aromatic carbocycles. The number of hydrogen-bond donors (Lipinski definition) is 1. The fourth-order valence-electron chi connectivity index (χ4n) is 4.24. The van der Waals surface area contributed by atoms with Crippen LogP contribution in [0.25, 0.3) is 43.8 Å². The van der Waals surface area contributed by atoms with Crippen molar-refractivity contribution in [1.29, 1.82) is 0 Å². The predicted octanol–water partition coefficient (Wildman–Crippen LogP) is 8.15.